The Bertz CT molecular complexity index is 874. The zero-order valence-electron chi connectivity index (χ0n) is 11.0. The number of halogens is 1. The molecular formula is C15H9ClN2O3S. The van der Waals surface area contributed by atoms with Crippen molar-refractivity contribution in [3.8, 4) is 0 Å². The van der Waals surface area contributed by atoms with E-state index in [-0.39, 0.29) is 10.8 Å². The number of amides is 1. The molecule has 0 radical (unpaired) electrons. The van der Waals surface area contributed by atoms with Crippen molar-refractivity contribution in [2.24, 2.45) is 0 Å². The molecule has 3 rings (SSSR count). The number of carboxylic acid groups (broad SMARTS) is 1. The van der Waals surface area contributed by atoms with Gasteiger partial charge in [0.25, 0.3) is 5.91 Å². The minimum atomic E-state index is -0.986. The standard InChI is InChI=1S/C15H9ClN2O3S/c16-12-5-4-9(7-17-12)14(19)18-10-3-1-2-8-6-11(15(20)21)22-13(8)10/h1-7H,(H,18,19)(H,20,21). The number of thiophene rings is 1. The molecule has 0 bridgehead atoms. The highest BCUT2D eigenvalue weighted by molar-refractivity contribution is 7.21. The summed E-state index contributed by atoms with van der Waals surface area (Å²) in [5.74, 6) is -1.32. The Morgan fingerprint density at radius 1 is 1.23 bits per heavy atom. The van der Waals surface area contributed by atoms with E-state index in [1.165, 1.54) is 12.3 Å². The predicted molar refractivity (Wildman–Crippen MR) is 86.0 cm³/mol. The van der Waals surface area contributed by atoms with Crippen LogP contribution in [-0.4, -0.2) is 22.0 Å². The molecule has 3 aromatic rings. The lowest BCUT2D eigenvalue weighted by atomic mass is 10.2. The lowest BCUT2D eigenvalue weighted by molar-refractivity contribution is 0.0702. The first-order chi connectivity index (χ1) is 10.5. The highest BCUT2D eigenvalue weighted by Gasteiger charge is 2.13. The first-order valence-electron chi connectivity index (χ1n) is 6.23. The molecule has 0 aliphatic rings. The molecule has 7 heteroatoms. The van der Waals surface area contributed by atoms with Crippen molar-refractivity contribution in [2.75, 3.05) is 5.32 Å². The van der Waals surface area contributed by atoms with Gasteiger partial charge in [0.2, 0.25) is 0 Å². The molecule has 110 valence electrons. The van der Waals surface area contributed by atoms with Crippen molar-refractivity contribution in [3.63, 3.8) is 0 Å². The maximum atomic E-state index is 12.2. The fraction of sp³-hybridized carbons (Fsp3) is 0. The highest BCUT2D eigenvalue weighted by atomic mass is 35.5. The lowest BCUT2D eigenvalue weighted by Gasteiger charge is -2.06. The molecule has 22 heavy (non-hydrogen) atoms. The van der Waals surface area contributed by atoms with E-state index < -0.39 is 5.97 Å². The van der Waals surface area contributed by atoms with Crippen LogP contribution in [0.1, 0.15) is 20.0 Å². The van der Waals surface area contributed by atoms with E-state index >= 15 is 0 Å². The summed E-state index contributed by atoms with van der Waals surface area (Å²) < 4.78 is 0.718. The maximum Gasteiger partial charge on any atom is 0.345 e. The second kappa shape index (κ2) is 5.75. The molecule has 0 saturated heterocycles. The number of anilines is 1. The van der Waals surface area contributed by atoms with E-state index in [0.29, 0.717) is 16.4 Å². The van der Waals surface area contributed by atoms with Crippen molar-refractivity contribution in [2.45, 2.75) is 0 Å². The van der Waals surface area contributed by atoms with Gasteiger partial charge in [-0.25, -0.2) is 9.78 Å². The SMILES string of the molecule is O=C(Nc1cccc2cc(C(=O)O)sc12)c1ccc(Cl)nc1. The Balaban J connectivity index is 1.94. The van der Waals surface area contributed by atoms with Crippen LogP contribution in [0.5, 0.6) is 0 Å². The summed E-state index contributed by atoms with van der Waals surface area (Å²) in [5, 5.41) is 12.9. The number of fused-ring (bicyclic) bond motifs is 1. The van der Waals surface area contributed by atoms with Crippen molar-refractivity contribution >= 4 is 50.6 Å². The van der Waals surface area contributed by atoms with Crippen LogP contribution in [0.3, 0.4) is 0 Å². The molecule has 0 spiro atoms. The number of carbonyl (C=O) groups is 2. The van der Waals surface area contributed by atoms with Gasteiger partial charge < -0.3 is 10.4 Å². The molecule has 0 aliphatic heterocycles. The Hall–Kier alpha value is -2.44. The third-order valence-electron chi connectivity index (χ3n) is 2.99. The van der Waals surface area contributed by atoms with Gasteiger partial charge in [-0.05, 0) is 29.7 Å². The van der Waals surface area contributed by atoms with E-state index in [2.05, 4.69) is 10.3 Å². The van der Waals surface area contributed by atoms with Crippen molar-refractivity contribution in [3.05, 3.63) is 58.2 Å². The van der Waals surface area contributed by atoms with Crippen LogP contribution in [0.15, 0.2) is 42.6 Å². The Morgan fingerprint density at radius 3 is 2.73 bits per heavy atom. The number of hydrogen-bond acceptors (Lipinski definition) is 4. The molecule has 2 N–H and O–H groups in total. The first-order valence-corrected chi connectivity index (χ1v) is 7.43. The third kappa shape index (κ3) is 2.79. The van der Waals surface area contributed by atoms with Crippen LogP contribution < -0.4 is 5.32 Å². The van der Waals surface area contributed by atoms with Crippen molar-refractivity contribution < 1.29 is 14.7 Å². The van der Waals surface area contributed by atoms with Gasteiger partial charge in [0.15, 0.2) is 0 Å². The summed E-state index contributed by atoms with van der Waals surface area (Å²) in [6.45, 7) is 0. The number of rotatable bonds is 3. The van der Waals surface area contributed by atoms with Crippen LogP contribution >= 0.6 is 22.9 Å². The second-order valence-corrected chi connectivity index (χ2v) is 5.90. The summed E-state index contributed by atoms with van der Waals surface area (Å²) in [6, 6.07) is 9.98. The van der Waals surface area contributed by atoms with Gasteiger partial charge in [-0.2, -0.15) is 0 Å². The van der Waals surface area contributed by atoms with Gasteiger partial charge in [-0.1, -0.05) is 23.7 Å². The number of hydrogen-bond donors (Lipinski definition) is 2. The van der Waals surface area contributed by atoms with Crippen LogP contribution in [-0.2, 0) is 0 Å². The number of pyridine rings is 1. The number of aromatic nitrogens is 1. The molecule has 2 heterocycles. The fourth-order valence-electron chi connectivity index (χ4n) is 1.97. The smallest absolute Gasteiger partial charge is 0.345 e. The zero-order valence-corrected chi connectivity index (χ0v) is 12.6. The first kappa shape index (κ1) is 14.5. The van der Waals surface area contributed by atoms with E-state index in [1.54, 1.807) is 30.3 Å². The van der Waals surface area contributed by atoms with Gasteiger partial charge in [0.05, 0.1) is 16.0 Å². The fourth-order valence-corrected chi connectivity index (χ4v) is 3.05. The van der Waals surface area contributed by atoms with Crippen molar-refractivity contribution in [1.29, 1.82) is 0 Å². The van der Waals surface area contributed by atoms with Crippen molar-refractivity contribution in [1.82, 2.24) is 4.98 Å². The number of nitrogens with zero attached hydrogens (tertiary/aromatic N) is 1. The summed E-state index contributed by atoms with van der Waals surface area (Å²) in [7, 11) is 0. The van der Waals surface area contributed by atoms with E-state index in [4.69, 9.17) is 16.7 Å². The molecular weight excluding hydrogens is 324 g/mol. The highest BCUT2D eigenvalue weighted by Crippen LogP contribution is 2.32. The normalized spacial score (nSPS) is 10.6. The van der Waals surface area contributed by atoms with Gasteiger partial charge in [0, 0.05) is 6.20 Å². The molecule has 1 aromatic carbocycles. The molecule has 0 aliphatic carbocycles. The van der Waals surface area contributed by atoms with Crippen LogP contribution in [0.4, 0.5) is 5.69 Å². The number of nitrogens with one attached hydrogen (secondary N) is 1. The number of benzene rings is 1. The Morgan fingerprint density at radius 2 is 2.05 bits per heavy atom. The minimum absolute atomic E-state index is 0.227. The summed E-state index contributed by atoms with van der Waals surface area (Å²) in [6.07, 6.45) is 1.38. The van der Waals surface area contributed by atoms with Crippen LogP contribution in [0.2, 0.25) is 5.15 Å². The summed E-state index contributed by atoms with van der Waals surface area (Å²) in [4.78, 5) is 27.4. The maximum absolute atomic E-state index is 12.2. The molecule has 0 saturated carbocycles. The molecule has 2 aromatic heterocycles. The van der Waals surface area contributed by atoms with Gasteiger partial charge in [0.1, 0.15) is 10.0 Å². The number of carbonyl (C=O) groups excluding carboxylic acids is 1. The molecule has 1 amide bonds. The molecule has 0 fully saturated rings. The number of aromatic carboxylic acids is 1. The van der Waals surface area contributed by atoms with Gasteiger partial charge in [-0.3, -0.25) is 4.79 Å². The van der Waals surface area contributed by atoms with Crippen LogP contribution in [0.25, 0.3) is 10.1 Å². The topological polar surface area (TPSA) is 79.3 Å². The number of carboxylic acids is 1. The third-order valence-corrected chi connectivity index (χ3v) is 4.39. The van der Waals surface area contributed by atoms with E-state index in [9.17, 15) is 9.59 Å². The largest absolute Gasteiger partial charge is 0.477 e. The monoisotopic (exact) mass is 332 g/mol. The summed E-state index contributed by atoms with van der Waals surface area (Å²) in [5.41, 5.74) is 0.936. The Kier molecular flexibility index (Phi) is 3.79. The predicted octanol–water partition coefficient (Wildman–Crippen LogP) is 3.90. The van der Waals surface area contributed by atoms with Gasteiger partial charge >= 0.3 is 5.97 Å². The average Bonchev–Trinajstić information content (AvgIpc) is 2.93. The second-order valence-electron chi connectivity index (χ2n) is 4.46. The van der Waals surface area contributed by atoms with E-state index in [0.717, 1.165) is 21.4 Å². The molecule has 5 nitrogen and oxygen atoms in total. The zero-order chi connectivity index (χ0) is 15.7. The average molecular weight is 333 g/mol. The minimum Gasteiger partial charge on any atom is -0.477 e. The molecule has 0 unspecified atom stereocenters. The lowest BCUT2D eigenvalue weighted by Crippen LogP contribution is -2.12. The quantitative estimate of drug-likeness (QED) is 0.713. The Labute approximate surface area is 134 Å². The van der Waals surface area contributed by atoms with E-state index in [1.807, 2.05) is 0 Å². The molecule has 0 atom stereocenters. The van der Waals surface area contributed by atoms with Crippen LogP contribution in [0, 0.1) is 0 Å². The van der Waals surface area contributed by atoms with Gasteiger partial charge in [-0.15, -0.1) is 11.3 Å². The summed E-state index contributed by atoms with van der Waals surface area (Å²) >= 11 is 6.81.